The summed E-state index contributed by atoms with van der Waals surface area (Å²) in [6.45, 7) is 3.96. The van der Waals surface area contributed by atoms with Crippen LogP contribution in [0.2, 0.25) is 0 Å². The zero-order valence-corrected chi connectivity index (χ0v) is 16.1. The Morgan fingerprint density at radius 1 is 1.07 bits per heavy atom. The number of hydrogen-bond donors (Lipinski definition) is 2. The van der Waals surface area contributed by atoms with E-state index in [0.717, 1.165) is 33.5 Å². The Hall–Kier alpha value is -3.93. The van der Waals surface area contributed by atoms with Crippen molar-refractivity contribution in [2.75, 3.05) is 0 Å². The maximum Gasteiger partial charge on any atom is 0.275 e. The van der Waals surface area contributed by atoms with E-state index < -0.39 is 5.91 Å². The number of aromatic nitrogens is 2. The van der Waals surface area contributed by atoms with Crippen molar-refractivity contribution in [3.8, 4) is 11.6 Å². The van der Waals surface area contributed by atoms with Gasteiger partial charge in [-0.2, -0.15) is 5.10 Å². The first kappa shape index (κ1) is 18.4. The first-order chi connectivity index (χ1) is 14.0. The first-order valence-electron chi connectivity index (χ1n) is 9.20. The van der Waals surface area contributed by atoms with Gasteiger partial charge < -0.3 is 9.67 Å². The van der Waals surface area contributed by atoms with Crippen LogP contribution in [-0.4, -0.2) is 26.8 Å². The number of phenols is 1. The summed E-state index contributed by atoms with van der Waals surface area (Å²) in [6, 6.07) is 18.5. The lowest BCUT2D eigenvalue weighted by Gasteiger charge is -2.07. The van der Waals surface area contributed by atoms with Gasteiger partial charge in [-0.15, -0.1) is 0 Å². The molecule has 1 amide bonds. The molecule has 0 bridgehead atoms. The van der Waals surface area contributed by atoms with Gasteiger partial charge in [-0.25, -0.2) is 10.4 Å². The highest BCUT2D eigenvalue weighted by atomic mass is 16.3. The van der Waals surface area contributed by atoms with Crippen LogP contribution in [0.1, 0.15) is 27.3 Å². The summed E-state index contributed by atoms with van der Waals surface area (Å²) < 4.78 is 2.03. The van der Waals surface area contributed by atoms with E-state index in [9.17, 15) is 9.90 Å². The molecule has 29 heavy (non-hydrogen) atoms. The maximum absolute atomic E-state index is 12.5. The molecule has 0 radical (unpaired) electrons. The zero-order valence-electron chi connectivity index (χ0n) is 16.1. The number of nitrogens with zero attached hydrogens (tertiary/aromatic N) is 3. The third-order valence-electron chi connectivity index (χ3n) is 4.83. The van der Waals surface area contributed by atoms with E-state index in [1.807, 2.05) is 66.9 Å². The Balaban J connectivity index is 1.55. The van der Waals surface area contributed by atoms with Crippen LogP contribution >= 0.6 is 0 Å². The number of hydrazone groups is 1. The molecule has 6 heteroatoms. The molecule has 2 N–H and O–H groups in total. The quantitative estimate of drug-likeness (QED) is 0.410. The van der Waals surface area contributed by atoms with Gasteiger partial charge >= 0.3 is 0 Å². The monoisotopic (exact) mass is 384 g/mol. The summed E-state index contributed by atoms with van der Waals surface area (Å²) in [6.07, 6.45) is 3.34. The fourth-order valence-electron chi connectivity index (χ4n) is 3.39. The number of fused-ring (bicyclic) bond motifs is 1. The van der Waals surface area contributed by atoms with Crippen LogP contribution in [0.4, 0.5) is 0 Å². The molecular weight excluding hydrogens is 364 g/mol. The van der Waals surface area contributed by atoms with Gasteiger partial charge in [-0.3, -0.25) is 4.79 Å². The third-order valence-corrected chi connectivity index (χ3v) is 4.83. The summed E-state index contributed by atoms with van der Waals surface area (Å²) in [5, 5.41) is 16.0. The summed E-state index contributed by atoms with van der Waals surface area (Å²) in [5.41, 5.74) is 5.53. The molecule has 0 saturated carbocycles. The van der Waals surface area contributed by atoms with Crippen molar-refractivity contribution in [1.82, 2.24) is 15.0 Å². The minimum absolute atomic E-state index is 0.0790. The SMILES string of the molecule is Cc1cc(C=NNC(=O)c2cc3ccccc3cc2O)c(C)n1-c1ccccn1. The van der Waals surface area contributed by atoms with Crippen LogP contribution in [0.15, 0.2) is 72.0 Å². The molecule has 2 aromatic carbocycles. The molecule has 0 atom stereocenters. The van der Waals surface area contributed by atoms with Gasteiger partial charge in [0.2, 0.25) is 0 Å². The van der Waals surface area contributed by atoms with Gasteiger partial charge in [0.15, 0.2) is 0 Å². The molecule has 4 rings (SSSR count). The minimum atomic E-state index is -0.469. The summed E-state index contributed by atoms with van der Waals surface area (Å²) in [5.74, 6) is 0.278. The van der Waals surface area contributed by atoms with Gasteiger partial charge in [0.1, 0.15) is 11.6 Å². The van der Waals surface area contributed by atoms with E-state index in [0.29, 0.717) is 0 Å². The molecule has 2 heterocycles. The zero-order chi connectivity index (χ0) is 20.4. The highest BCUT2D eigenvalue weighted by Gasteiger charge is 2.13. The van der Waals surface area contributed by atoms with Crippen molar-refractivity contribution in [3.63, 3.8) is 0 Å². The van der Waals surface area contributed by atoms with E-state index in [1.54, 1.807) is 24.5 Å². The molecular formula is C23H20N4O2. The van der Waals surface area contributed by atoms with E-state index in [2.05, 4.69) is 15.5 Å². The maximum atomic E-state index is 12.5. The molecule has 0 aliphatic rings. The Kier molecular flexibility index (Phi) is 4.83. The molecule has 2 aromatic heterocycles. The molecule has 6 nitrogen and oxygen atoms in total. The normalized spacial score (nSPS) is 11.2. The molecule has 4 aromatic rings. The highest BCUT2D eigenvalue weighted by molar-refractivity contribution is 6.01. The molecule has 0 fully saturated rings. The molecule has 0 unspecified atom stereocenters. The van der Waals surface area contributed by atoms with Crippen molar-refractivity contribution >= 4 is 22.9 Å². The second-order valence-corrected chi connectivity index (χ2v) is 6.77. The number of hydrogen-bond acceptors (Lipinski definition) is 4. The van der Waals surface area contributed by atoms with Crippen LogP contribution in [0.3, 0.4) is 0 Å². The van der Waals surface area contributed by atoms with Crippen LogP contribution in [0.5, 0.6) is 5.75 Å². The standard InChI is InChI=1S/C23H20N4O2/c1-15-11-19(16(2)27(15)22-9-5-6-10-24-22)14-25-26-23(29)20-12-17-7-3-4-8-18(17)13-21(20)28/h3-14,28H,1-2H3,(H,26,29). The number of aromatic hydroxyl groups is 1. The molecule has 0 spiro atoms. The van der Waals surface area contributed by atoms with E-state index in [-0.39, 0.29) is 11.3 Å². The lowest BCUT2D eigenvalue weighted by molar-refractivity contribution is 0.0952. The van der Waals surface area contributed by atoms with Crippen molar-refractivity contribution in [2.24, 2.45) is 5.10 Å². The van der Waals surface area contributed by atoms with Crippen molar-refractivity contribution in [3.05, 3.63) is 89.4 Å². The molecule has 0 saturated heterocycles. The minimum Gasteiger partial charge on any atom is -0.507 e. The fraction of sp³-hybridized carbons (Fsp3) is 0.0870. The average Bonchev–Trinajstić information content (AvgIpc) is 3.01. The van der Waals surface area contributed by atoms with E-state index in [4.69, 9.17) is 0 Å². The van der Waals surface area contributed by atoms with Gasteiger partial charge in [-0.1, -0.05) is 30.3 Å². The largest absolute Gasteiger partial charge is 0.507 e. The van der Waals surface area contributed by atoms with E-state index >= 15 is 0 Å². The summed E-state index contributed by atoms with van der Waals surface area (Å²) >= 11 is 0. The van der Waals surface area contributed by atoms with Crippen LogP contribution in [0.25, 0.3) is 16.6 Å². The predicted molar refractivity (Wildman–Crippen MR) is 114 cm³/mol. The topological polar surface area (TPSA) is 79.5 Å². The average molecular weight is 384 g/mol. The smallest absolute Gasteiger partial charge is 0.275 e. The number of amides is 1. The lowest BCUT2D eigenvalue weighted by atomic mass is 10.1. The third kappa shape index (κ3) is 3.60. The number of carbonyl (C=O) groups excluding carboxylic acids is 1. The fourth-order valence-corrected chi connectivity index (χ4v) is 3.39. The Labute approximate surface area is 168 Å². The Morgan fingerprint density at radius 2 is 1.79 bits per heavy atom. The van der Waals surface area contributed by atoms with Gasteiger partial charge in [0.05, 0.1) is 11.8 Å². The number of benzene rings is 2. The molecule has 0 aliphatic heterocycles. The number of phenolic OH excluding ortho intramolecular Hbond substituents is 1. The second-order valence-electron chi connectivity index (χ2n) is 6.77. The number of pyridine rings is 1. The van der Waals surface area contributed by atoms with Crippen molar-refractivity contribution < 1.29 is 9.90 Å². The second kappa shape index (κ2) is 7.59. The van der Waals surface area contributed by atoms with Gasteiger partial charge in [-0.05, 0) is 55.0 Å². The Bertz CT molecular complexity index is 1230. The van der Waals surface area contributed by atoms with Crippen molar-refractivity contribution in [2.45, 2.75) is 13.8 Å². The highest BCUT2D eigenvalue weighted by Crippen LogP contribution is 2.25. The number of aryl methyl sites for hydroxylation is 1. The van der Waals surface area contributed by atoms with Gasteiger partial charge in [0.25, 0.3) is 5.91 Å². The van der Waals surface area contributed by atoms with E-state index in [1.165, 1.54) is 0 Å². The summed E-state index contributed by atoms with van der Waals surface area (Å²) in [7, 11) is 0. The van der Waals surface area contributed by atoms with Gasteiger partial charge in [0, 0.05) is 23.1 Å². The van der Waals surface area contributed by atoms with Crippen LogP contribution < -0.4 is 5.43 Å². The van der Waals surface area contributed by atoms with Crippen LogP contribution in [-0.2, 0) is 0 Å². The number of nitrogens with one attached hydrogen (secondary N) is 1. The molecule has 144 valence electrons. The number of carbonyl (C=O) groups is 1. The van der Waals surface area contributed by atoms with Crippen molar-refractivity contribution in [1.29, 1.82) is 0 Å². The number of rotatable bonds is 4. The predicted octanol–water partition coefficient (Wildman–Crippen LogP) is 4.11. The Morgan fingerprint density at radius 3 is 2.52 bits per heavy atom. The lowest BCUT2D eigenvalue weighted by Crippen LogP contribution is -2.17. The van der Waals surface area contributed by atoms with Crippen LogP contribution in [0, 0.1) is 13.8 Å². The molecule has 0 aliphatic carbocycles. The first-order valence-corrected chi connectivity index (χ1v) is 9.20. The summed E-state index contributed by atoms with van der Waals surface area (Å²) in [4.78, 5) is 16.9.